The third-order valence-electron chi connectivity index (χ3n) is 2.76. The van der Waals surface area contributed by atoms with E-state index in [2.05, 4.69) is 29.5 Å². The van der Waals surface area contributed by atoms with Gasteiger partial charge in [-0.25, -0.2) is 0 Å². The summed E-state index contributed by atoms with van der Waals surface area (Å²) in [7, 11) is 0. The van der Waals surface area contributed by atoms with Crippen molar-refractivity contribution < 1.29 is 4.79 Å². The number of hydrogen-bond donors (Lipinski definition) is 0. The van der Waals surface area contributed by atoms with Gasteiger partial charge in [-0.1, -0.05) is 6.92 Å². The maximum absolute atomic E-state index is 12.0. The number of likely N-dealkylation sites (tertiary alicyclic amines) is 1. The van der Waals surface area contributed by atoms with Gasteiger partial charge in [-0.3, -0.25) is 4.79 Å². The smallest absolute Gasteiger partial charge is 0.253 e. The minimum atomic E-state index is 0.174. The van der Waals surface area contributed by atoms with Crippen LogP contribution in [-0.4, -0.2) is 23.9 Å². The van der Waals surface area contributed by atoms with Gasteiger partial charge in [0.1, 0.15) is 0 Å². The summed E-state index contributed by atoms with van der Waals surface area (Å²) in [6.07, 6.45) is 0. The van der Waals surface area contributed by atoms with Gasteiger partial charge in [-0.2, -0.15) is 0 Å². The molecule has 0 spiro atoms. The lowest BCUT2D eigenvalue weighted by Crippen LogP contribution is -2.48. The van der Waals surface area contributed by atoms with Crippen molar-refractivity contribution in [3.8, 4) is 0 Å². The van der Waals surface area contributed by atoms with Crippen molar-refractivity contribution >= 4 is 28.5 Å². The Balaban J connectivity index is 2.16. The van der Waals surface area contributed by atoms with Crippen molar-refractivity contribution in [3.05, 3.63) is 32.9 Å². The first-order valence-corrected chi connectivity index (χ1v) is 6.21. The Kier molecular flexibility index (Phi) is 3.00. The fraction of sp³-hybridized carbons (Fsp3) is 0.417. The summed E-state index contributed by atoms with van der Waals surface area (Å²) < 4.78 is 1.21. The molecule has 0 bridgehead atoms. The molecule has 1 amide bonds. The summed E-state index contributed by atoms with van der Waals surface area (Å²) in [5, 5.41) is 0. The number of rotatable bonds is 1. The van der Waals surface area contributed by atoms with Crippen LogP contribution in [0, 0.1) is 16.4 Å². The second-order valence-electron chi connectivity index (χ2n) is 4.28. The van der Waals surface area contributed by atoms with Crippen LogP contribution in [-0.2, 0) is 0 Å². The highest BCUT2D eigenvalue weighted by atomic mass is 127. The molecule has 0 atom stereocenters. The summed E-state index contributed by atoms with van der Waals surface area (Å²) in [6, 6.07) is 5.90. The lowest BCUT2D eigenvalue weighted by molar-refractivity contribution is 0.0530. The zero-order chi connectivity index (χ0) is 11.0. The van der Waals surface area contributed by atoms with E-state index in [1.807, 2.05) is 30.0 Å². The van der Waals surface area contributed by atoms with Gasteiger partial charge in [-0.15, -0.1) is 0 Å². The Labute approximate surface area is 104 Å². The van der Waals surface area contributed by atoms with E-state index in [1.165, 1.54) is 9.13 Å². The van der Waals surface area contributed by atoms with Crippen LogP contribution >= 0.6 is 22.6 Å². The first-order chi connectivity index (χ1) is 7.08. The number of benzene rings is 1. The Morgan fingerprint density at radius 3 is 2.67 bits per heavy atom. The van der Waals surface area contributed by atoms with E-state index in [4.69, 9.17) is 0 Å². The molecule has 1 aromatic rings. The third kappa shape index (κ3) is 2.17. The Bertz CT molecular complexity index is 397. The monoisotopic (exact) mass is 315 g/mol. The summed E-state index contributed by atoms with van der Waals surface area (Å²) in [5.74, 6) is 0.839. The maximum atomic E-state index is 12.0. The van der Waals surface area contributed by atoms with Gasteiger partial charge < -0.3 is 4.90 Å². The Hall–Kier alpha value is -0.580. The Morgan fingerprint density at radius 2 is 2.13 bits per heavy atom. The molecular weight excluding hydrogens is 301 g/mol. The molecule has 1 heterocycles. The molecule has 0 aliphatic carbocycles. The van der Waals surface area contributed by atoms with Gasteiger partial charge in [-0.05, 0) is 59.2 Å². The zero-order valence-corrected chi connectivity index (χ0v) is 11.1. The molecule has 15 heavy (non-hydrogen) atoms. The summed E-state index contributed by atoms with van der Waals surface area (Å²) in [6.45, 7) is 6.02. The average molecular weight is 315 g/mol. The van der Waals surface area contributed by atoms with Crippen molar-refractivity contribution in [2.75, 3.05) is 13.1 Å². The van der Waals surface area contributed by atoms with Gasteiger partial charge in [0.05, 0.1) is 0 Å². The van der Waals surface area contributed by atoms with E-state index < -0.39 is 0 Å². The predicted molar refractivity (Wildman–Crippen MR) is 69.0 cm³/mol. The maximum Gasteiger partial charge on any atom is 0.253 e. The molecule has 0 radical (unpaired) electrons. The molecule has 0 N–H and O–H groups in total. The van der Waals surface area contributed by atoms with Crippen LogP contribution in [0.4, 0.5) is 0 Å². The average Bonchev–Trinajstić information content (AvgIpc) is 2.16. The highest BCUT2D eigenvalue weighted by molar-refractivity contribution is 14.1. The summed E-state index contributed by atoms with van der Waals surface area (Å²) in [5.41, 5.74) is 2.00. The lowest BCUT2D eigenvalue weighted by atomic mass is 10.0. The lowest BCUT2D eigenvalue weighted by Gasteiger charge is -2.37. The van der Waals surface area contributed by atoms with E-state index in [-0.39, 0.29) is 5.91 Å². The molecule has 1 fully saturated rings. The second kappa shape index (κ2) is 4.12. The summed E-state index contributed by atoms with van der Waals surface area (Å²) in [4.78, 5) is 13.9. The molecule has 1 saturated heterocycles. The van der Waals surface area contributed by atoms with Crippen molar-refractivity contribution in [2.24, 2.45) is 5.92 Å². The molecule has 80 valence electrons. The number of carbonyl (C=O) groups is 1. The molecule has 3 heteroatoms. The number of nitrogens with zero attached hydrogens (tertiary/aromatic N) is 1. The number of amides is 1. The third-order valence-corrected chi connectivity index (χ3v) is 3.97. The highest BCUT2D eigenvalue weighted by Gasteiger charge is 2.27. The van der Waals surface area contributed by atoms with Crippen LogP contribution in [0.2, 0.25) is 0 Å². The van der Waals surface area contributed by atoms with Crippen LogP contribution in [0.15, 0.2) is 18.2 Å². The molecule has 1 aromatic carbocycles. The number of halogens is 1. The van der Waals surface area contributed by atoms with Gasteiger partial charge in [0, 0.05) is 22.2 Å². The van der Waals surface area contributed by atoms with Crippen molar-refractivity contribution in [1.29, 1.82) is 0 Å². The van der Waals surface area contributed by atoms with Crippen LogP contribution in [0.5, 0.6) is 0 Å². The van der Waals surface area contributed by atoms with Crippen molar-refractivity contribution in [1.82, 2.24) is 4.90 Å². The van der Waals surface area contributed by atoms with E-state index >= 15 is 0 Å². The molecular formula is C12H14INO. The van der Waals surface area contributed by atoms with E-state index in [9.17, 15) is 4.79 Å². The molecule has 1 aliphatic heterocycles. The largest absolute Gasteiger partial charge is 0.338 e. The van der Waals surface area contributed by atoms with E-state index in [1.54, 1.807) is 0 Å². The minimum Gasteiger partial charge on any atom is -0.338 e. The van der Waals surface area contributed by atoms with Gasteiger partial charge in [0.15, 0.2) is 0 Å². The van der Waals surface area contributed by atoms with Crippen LogP contribution in [0.25, 0.3) is 0 Å². The van der Waals surface area contributed by atoms with Gasteiger partial charge in [0.2, 0.25) is 0 Å². The first-order valence-electron chi connectivity index (χ1n) is 5.13. The molecule has 0 aromatic heterocycles. The summed E-state index contributed by atoms with van der Waals surface area (Å²) >= 11 is 2.28. The molecule has 0 saturated carbocycles. The standard InChI is InChI=1S/C12H14INO/c1-8-6-14(7-8)12(15)10-3-4-11(13)9(2)5-10/h3-5,8H,6-7H2,1-2H3. The Morgan fingerprint density at radius 1 is 1.47 bits per heavy atom. The fourth-order valence-corrected chi connectivity index (χ4v) is 2.16. The van der Waals surface area contributed by atoms with Crippen molar-refractivity contribution in [2.45, 2.75) is 13.8 Å². The number of aryl methyl sites for hydroxylation is 1. The second-order valence-corrected chi connectivity index (χ2v) is 5.44. The van der Waals surface area contributed by atoms with Crippen molar-refractivity contribution in [3.63, 3.8) is 0 Å². The molecule has 0 unspecified atom stereocenters. The minimum absolute atomic E-state index is 0.174. The first kappa shape index (κ1) is 10.9. The number of hydrogen-bond acceptors (Lipinski definition) is 1. The highest BCUT2D eigenvalue weighted by Crippen LogP contribution is 2.20. The SMILES string of the molecule is Cc1cc(C(=O)N2CC(C)C2)ccc1I. The van der Waals surface area contributed by atoms with E-state index in [0.29, 0.717) is 5.92 Å². The zero-order valence-electron chi connectivity index (χ0n) is 8.96. The number of carbonyl (C=O) groups excluding carboxylic acids is 1. The molecule has 2 rings (SSSR count). The topological polar surface area (TPSA) is 20.3 Å². The normalized spacial score (nSPS) is 16.3. The van der Waals surface area contributed by atoms with Crippen LogP contribution in [0.3, 0.4) is 0 Å². The van der Waals surface area contributed by atoms with Gasteiger partial charge >= 0.3 is 0 Å². The molecule has 1 aliphatic rings. The molecule has 2 nitrogen and oxygen atoms in total. The van der Waals surface area contributed by atoms with Gasteiger partial charge in [0.25, 0.3) is 5.91 Å². The van der Waals surface area contributed by atoms with Crippen LogP contribution in [0.1, 0.15) is 22.8 Å². The predicted octanol–water partition coefficient (Wildman–Crippen LogP) is 2.69. The fourth-order valence-electron chi connectivity index (χ4n) is 1.83. The quantitative estimate of drug-likeness (QED) is 0.730. The van der Waals surface area contributed by atoms with E-state index in [0.717, 1.165) is 18.7 Å². The van der Waals surface area contributed by atoms with Crippen LogP contribution < -0.4 is 0 Å².